The molecule has 27 heavy (non-hydrogen) atoms. The molecule has 3 rings (SSSR count). The Morgan fingerprint density at radius 2 is 1.70 bits per heavy atom. The second-order valence-electron chi connectivity index (χ2n) is 7.09. The Morgan fingerprint density at radius 3 is 2.26 bits per heavy atom. The molecule has 0 bridgehead atoms. The van der Waals surface area contributed by atoms with Crippen molar-refractivity contribution in [2.75, 3.05) is 14.1 Å². The molecule has 1 fully saturated rings. The highest BCUT2D eigenvalue weighted by atomic mass is 32.2. The van der Waals surface area contributed by atoms with Gasteiger partial charge in [0.1, 0.15) is 5.82 Å². The fourth-order valence-corrected chi connectivity index (χ4v) is 4.01. The van der Waals surface area contributed by atoms with Crippen LogP contribution < -0.4 is 5.32 Å². The third-order valence-corrected chi connectivity index (χ3v) is 6.77. The maximum atomic E-state index is 13.0. The zero-order valence-corrected chi connectivity index (χ0v) is 16.3. The Hall–Kier alpha value is -2.25. The van der Waals surface area contributed by atoms with Gasteiger partial charge in [0.25, 0.3) is 0 Å². The molecule has 0 heterocycles. The van der Waals surface area contributed by atoms with Gasteiger partial charge < -0.3 is 5.32 Å². The number of hydrogen-bond acceptors (Lipinski definition) is 3. The Bertz CT molecular complexity index is 925. The van der Waals surface area contributed by atoms with Crippen molar-refractivity contribution in [3.05, 3.63) is 65.5 Å². The van der Waals surface area contributed by atoms with Crippen LogP contribution in [0.15, 0.2) is 53.4 Å². The Labute approximate surface area is 159 Å². The van der Waals surface area contributed by atoms with E-state index in [1.54, 1.807) is 36.4 Å². The summed E-state index contributed by atoms with van der Waals surface area (Å²) in [7, 11) is -0.497. The maximum absolute atomic E-state index is 13.0. The molecule has 7 heteroatoms. The van der Waals surface area contributed by atoms with E-state index in [1.807, 2.05) is 6.92 Å². The van der Waals surface area contributed by atoms with Gasteiger partial charge in [0.05, 0.1) is 10.9 Å². The summed E-state index contributed by atoms with van der Waals surface area (Å²) in [6.07, 6.45) is 0.754. The number of sulfonamides is 1. The van der Waals surface area contributed by atoms with Crippen molar-refractivity contribution in [2.24, 2.45) is 5.92 Å². The fraction of sp³-hybridized carbons (Fsp3) is 0.350. The Kier molecular flexibility index (Phi) is 5.35. The monoisotopic (exact) mass is 390 g/mol. The van der Waals surface area contributed by atoms with Crippen molar-refractivity contribution in [2.45, 2.75) is 30.2 Å². The van der Waals surface area contributed by atoms with E-state index in [-0.39, 0.29) is 34.5 Å². The summed E-state index contributed by atoms with van der Waals surface area (Å²) in [5.41, 5.74) is 1.81. The van der Waals surface area contributed by atoms with Gasteiger partial charge in [-0.3, -0.25) is 4.79 Å². The van der Waals surface area contributed by atoms with Crippen LogP contribution in [0, 0.1) is 11.7 Å². The first-order valence-corrected chi connectivity index (χ1v) is 10.2. The quantitative estimate of drug-likeness (QED) is 0.824. The highest BCUT2D eigenvalue weighted by molar-refractivity contribution is 7.89. The van der Waals surface area contributed by atoms with Crippen LogP contribution in [-0.4, -0.2) is 32.7 Å². The normalized spacial score (nSPS) is 20.3. The number of halogens is 1. The van der Waals surface area contributed by atoms with Crippen LogP contribution in [0.4, 0.5) is 4.39 Å². The molecule has 5 nitrogen and oxygen atoms in total. The van der Waals surface area contributed by atoms with Gasteiger partial charge >= 0.3 is 0 Å². The van der Waals surface area contributed by atoms with Crippen LogP contribution in [0.1, 0.15) is 36.4 Å². The van der Waals surface area contributed by atoms with Crippen LogP contribution >= 0.6 is 0 Å². The molecule has 144 valence electrons. The summed E-state index contributed by atoms with van der Waals surface area (Å²) in [6, 6.07) is 12.6. The maximum Gasteiger partial charge on any atom is 0.242 e. The molecular formula is C20H23FN2O3S. The number of carbonyl (C=O) groups is 1. The second kappa shape index (κ2) is 7.40. The van der Waals surface area contributed by atoms with Gasteiger partial charge in [0.2, 0.25) is 15.9 Å². The van der Waals surface area contributed by atoms with E-state index in [1.165, 1.54) is 26.2 Å². The third kappa shape index (κ3) is 4.20. The zero-order chi connectivity index (χ0) is 19.8. The zero-order valence-electron chi connectivity index (χ0n) is 15.5. The van der Waals surface area contributed by atoms with Crippen molar-refractivity contribution in [3.63, 3.8) is 0 Å². The van der Waals surface area contributed by atoms with E-state index in [0.717, 1.165) is 21.9 Å². The van der Waals surface area contributed by atoms with Gasteiger partial charge in [-0.25, -0.2) is 17.1 Å². The van der Waals surface area contributed by atoms with Gasteiger partial charge in [-0.15, -0.1) is 0 Å². The average molecular weight is 390 g/mol. The minimum atomic E-state index is -3.47. The molecular weight excluding hydrogens is 367 g/mol. The molecule has 1 amide bonds. The molecule has 1 aliphatic carbocycles. The summed E-state index contributed by atoms with van der Waals surface area (Å²) >= 11 is 0. The number of rotatable bonds is 6. The summed E-state index contributed by atoms with van der Waals surface area (Å²) in [4.78, 5) is 12.7. The van der Waals surface area contributed by atoms with Crippen molar-refractivity contribution in [1.82, 2.24) is 9.62 Å². The standard InChI is InChI=1S/C20H23FN2O3S/c1-13(14-6-10-17(11-7-14)27(25,26)23(2)3)22-20(24)19-12-18(19)15-4-8-16(21)9-5-15/h4-11,13,18-19H,12H2,1-3H3,(H,22,24). The first-order valence-electron chi connectivity index (χ1n) is 8.78. The van der Waals surface area contributed by atoms with Gasteiger partial charge in [-0.05, 0) is 54.7 Å². The first-order chi connectivity index (χ1) is 12.7. The van der Waals surface area contributed by atoms with Crippen molar-refractivity contribution in [3.8, 4) is 0 Å². The molecule has 2 aromatic carbocycles. The lowest BCUT2D eigenvalue weighted by atomic mass is 10.1. The lowest BCUT2D eigenvalue weighted by molar-refractivity contribution is -0.123. The van der Waals surface area contributed by atoms with Crippen molar-refractivity contribution in [1.29, 1.82) is 0 Å². The highest BCUT2D eigenvalue weighted by Gasteiger charge is 2.44. The lowest BCUT2D eigenvalue weighted by Gasteiger charge is -2.16. The van der Waals surface area contributed by atoms with Crippen LogP contribution in [0.25, 0.3) is 0 Å². The average Bonchev–Trinajstić information content (AvgIpc) is 3.43. The number of amides is 1. The number of nitrogens with one attached hydrogen (secondary N) is 1. The largest absolute Gasteiger partial charge is 0.349 e. The highest BCUT2D eigenvalue weighted by Crippen LogP contribution is 2.47. The van der Waals surface area contributed by atoms with Crippen LogP contribution in [-0.2, 0) is 14.8 Å². The number of hydrogen-bond donors (Lipinski definition) is 1. The van der Waals surface area contributed by atoms with Gasteiger partial charge in [-0.2, -0.15) is 0 Å². The van der Waals surface area contributed by atoms with E-state index in [9.17, 15) is 17.6 Å². The second-order valence-corrected chi connectivity index (χ2v) is 9.24. The molecule has 0 saturated heterocycles. The smallest absolute Gasteiger partial charge is 0.242 e. The lowest BCUT2D eigenvalue weighted by Crippen LogP contribution is -2.28. The van der Waals surface area contributed by atoms with E-state index in [0.29, 0.717) is 0 Å². The molecule has 1 N–H and O–H groups in total. The van der Waals surface area contributed by atoms with Gasteiger partial charge in [0, 0.05) is 20.0 Å². The van der Waals surface area contributed by atoms with E-state index in [4.69, 9.17) is 0 Å². The predicted molar refractivity (Wildman–Crippen MR) is 101 cm³/mol. The molecule has 0 radical (unpaired) electrons. The molecule has 3 atom stereocenters. The first kappa shape index (κ1) is 19.5. The summed E-state index contributed by atoms with van der Waals surface area (Å²) < 4.78 is 38.4. The topological polar surface area (TPSA) is 66.5 Å². The van der Waals surface area contributed by atoms with E-state index >= 15 is 0 Å². The summed E-state index contributed by atoms with van der Waals surface area (Å²) in [5.74, 6) is -0.299. The molecule has 3 unspecified atom stereocenters. The van der Waals surface area contributed by atoms with E-state index < -0.39 is 10.0 Å². The summed E-state index contributed by atoms with van der Waals surface area (Å²) in [6.45, 7) is 1.86. The van der Waals surface area contributed by atoms with E-state index in [2.05, 4.69) is 5.32 Å². The molecule has 0 aromatic heterocycles. The van der Waals surface area contributed by atoms with Crippen molar-refractivity contribution >= 4 is 15.9 Å². The Morgan fingerprint density at radius 1 is 1.11 bits per heavy atom. The predicted octanol–water partition coefficient (Wildman–Crippen LogP) is 3.06. The molecule has 0 aliphatic heterocycles. The molecule has 1 aliphatic rings. The fourth-order valence-electron chi connectivity index (χ4n) is 3.11. The molecule has 1 saturated carbocycles. The molecule has 0 spiro atoms. The van der Waals surface area contributed by atoms with Gasteiger partial charge in [0.15, 0.2) is 0 Å². The van der Waals surface area contributed by atoms with Crippen LogP contribution in [0.2, 0.25) is 0 Å². The van der Waals surface area contributed by atoms with Crippen molar-refractivity contribution < 1.29 is 17.6 Å². The van der Waals surface area contributed by atoms with Crippen LogP contribution in [0.5, 0.6) is 0 Å². The minimum absolute atomic E-state index is 0.0400. The molecule has 2 aromatic rings. The number of carbonyl (C=O) groups excluding carboxylic acids is 1. The minimum Gasteiger partial charge on any atom is -0.349 e. The third-order valence-electron chi connectivity index (χ3n) is 4.94. The number of benzene rings is 2. The SMILES string of the molecule is CC(NC(=O)C1CC1c1ccc(F)cc1)c1ccc(S(=O)(=O)N(C)C)cc1. The number of nitrogens with zero attached hydrogens (tertiary/aromatic N) is 1. The van der Waals surface area contributed by atoms with Gasteiger partial charge in [-0.1, -0.05) is 24.3 Å². The summed E-state index contributed by atoms with van der Waals surface area (Å²) in [5, 5.41) is 2.98. The Balaban J connectivity index is 1.61. The van der Waals surface area contributed by atoms with Crippen LogP contribution in [0.3, 0.4) is 0 Å².